The number of carbonyl (C=O) groups excluding carboxylic acids is 2. The number of anilines is 1. The quantitative estimate of drug-likeness (QED) is 0.609. The number of furan rings is 1. The number of carbonyl (C=O) groups is 2. The Morgan fingerprint density at radius 1 is 1.03 bits per heavy atom. The molecule has 2 amide bonds. The zero-order valence-electron chi connectivity index (χ0n) is 16.2. The van der Waals surface area contributed by atoms with Gasteiger partial charge in [0.1, 0.15) is 11.5 Å². The van der Waals surface area contributed by atoms with E-state index in [-0.39, 0.29) is 17.6 Å². The third-order valence-corrected chi connectivity index (χ3v) is 4.18. The van der Waals surface area contributed by atoms with Gasteiger partial charge in [0.25, 0.3) is 11.8 Å². The Kier molecular flexibility index (Phi) is 6.52. The summed E-state index contributed by atoms with van der Waals surface area (Å²) in [7, 11) is 1.59. The van der Waals surface area contributed by atoms with Gasteiger partial charge in [-0.15, -0.1) is 0 Å². The third kappa shape index (κ3) is 5.38. The smallest absolute Gasteiger partial charge is 0.291 e. The fraction of sp³-hybridized carbons (Fsp3) is 0.182. The lowest BCUT2D eigenvalue weighted by Crippen LogP contribution is -2.35. The molecule has 3 rings (SSSR count). The SMILES string of the molecule is COc1ccccc1CNC(=O)[C@H](C)Oc1ccc(NC(=O)c2ccco2)cc1. The minimum Gasteiger partial charge on any atom is -0.496 e. The number of hydrogen-bond acceptors (Lipinski definition) is 5. The molecule has 0 aliphatic heterocycles. The number of amides is 2. The molecule has 0 radical (unpaired) electrons. The minimum atomic E-state index is -0.687. The summed E-state index contributed by atoms with van der Waals surface area (Å²) in [5, 5.41) is 5.55. The van der Waals surface area contributed by atoms with Crippen LogP contribution in [0.3, 0.4) is 0 Å². The van der Waals surface area contributed by atoms with Crippen LogP contribution in [0.25, 0.3) is 0 Å². The van der Waals surface area contributed by atoms with E-state index in [0.717, 1.165) is 5.56 Å². The summed E-state index contributed by atoms with van der Waals surface area (Å²) in [6.45, 7) is 2.01. The third-order valence-electron chi connectivity index (χ3n) is 4.18. The van der Waals surface area contributed by atoms with Crippen molar-refractivity contribution < 1.29 is 23.5 Å². The van der Waals surface area contributed by atoms with Crippen LogP contribution in [-0.4, -0.2) is 25.0 Å². The molecule has 29 heavy (non-hydrogen) atoms. The summed E-state index contributed by atoms with van der Waals surface area (Å²) in [5.41, 5.74) is 1.47. The summed E-state index contributed by atoms with van der Waals surface area (Å²) in [5.74, 6) is 0.874. The van der Waals surface area contributed by atoms with E-state index in [4.69, 9.17) is 13.9 Å². The van der Waals surface area contributed by atoms with Gasteiger partial charge in [0.15, 0.2) is 11.9 Å². The maximum absolute atomic E-state index is 12.3. The Morgan fingerprint density at radius 3 is 2.48 bits per heavy atom. The van der Waals surface area contributed by atoms with Gasteiger partial charge in [-0.2, -0.15) is 0 Å². The second kappa shape index (κ2) is 9.45. The molecule has 1 heterocycles. The minimum absolute atomic E-state index is 0.227. The van der Waals surface area contributed by atoms with Crippen LogP contribution in [0.2, 0.25) is 0 Å². The molecule has 0 aliphatic carbocycles. The number of para-hydroxylation sites is 1. The molecule has 2 aromatic carbocycles. The van der Waals surface area contributed by atoms with Crippen molar-refractivity contribution in [2.45, 2.75) is 19.6 Å². The van der Waals surface area contributed by atoms with E-state index in [1.807, 2.05) is 24.3 Å². The number of methoxy groups -OCH3 is 1. The van der Waals surface area contributed by atoms with Crippen molar-refractivity contribution in [1.82, 2.24) is 5.32 Å². The van der Waals surface area contributed by atoms with Gasteiger partial charge in [-0.1, -0.05) is 18.2 Å². The van der Waals surface area contributed by atoms with E-state index in [1.54, 1.807) is 50.4 Å². The summed E-state index contributed by atoms with van der Waals surface area (Å²) in [4.78, 5) is 24.3. The number of hydrogen-bond donors (Lipinski definition) is 2. The summed E-state index contributed by atoms with van der Waals surface area (Å²) in [6.07, 6.45) is 0.750. The lowest BCUT2D eigenvalue weighted by Gasteiger charge is -2.16. The first kappa shape index (κ1) is 20.0. The second-order valence-electron chi connectivity index (χ2n) is 6.25. The number of rotatable bonds is 8. The molecule has 2 N–H and O–H groups in total. The van der Waals surface area contributed by atoms with Crippen LogP contribution in [0.5, 0.6) is 11.5 Å². The molecular formula is C22H22N2O5. The average Bonchev–Trinajstić information content (AvgIpc) is 3.28. The van der Waals surface area contributed by atoms with Crippen LogP contribution in [0.15, 0.2) is 71.3 Å². The topological polar surface area (TPSA) is 89.8 Å². The van der Waals surface area contributed by atoms with Crippen LogP contribution < -0.4 is 20.1 Å². The van der Waals surface area contributed by atoms with E-state index >= 15 is 0 Å². The van der Waals surface area contributed by atoms with Gasteiger partial charge >= 0.3 is 0 Å². The van der Waals surface area contributed by atoms with Gasteiger partial charge in [-0.05, 0) is 49.4 Å². The predicted molar refractivity (Wildman–Crippen MR) is 108 cm³/mol. The molecule has 0 spiro atoms. The van der Waals surface area contributed by atoms with Crippen molar-refractivity contribution in [1.29, 1.82) is 0 Å². The molecule has 0 aliphatic rings. The molecule has 1 atom stereocenters. The molecule has 150 valence electrons. The monoisotopic (exact) mass is 394 g/mol. The van der Waals surface area contributed by atoms with Crippen LogP contribution in [0, 0.1) is 0 Å². The van der Waals surface area contributed by atoms with Gasteiger partial charge in [0.05, 0.1) is 13.4 Å². The zero-order valence-corrected chi connectivity index (χ0v) is 16.2. The number of benzene rings is 2. The Balaban J connectivity index is 1.51. The van der Waals surface area contributed by atoms with E-state index < -0.39 is 6.10 Å². The molecule has 0 fully saturated rings. The van der Waals surface area contributed by atoms with E-state index in [2.05, 4.69) is 10.6 Å². The molecule has 0 bridgehead atoms. The summed E-state index contributed by atoms with van der Waals surface area (Å²) >= 11 is 0. The van der Waals surface area contributed by atoms with Crippen molar-refractivity contribution in [2.75, 3.05) is 12.4 Å². The van der Waals surface area contributed by atoms with Crippen LogP contribution in [0.4, 0.5) is 5.69 Å². The van der Waals surface area contributed by atoms with Crippen molar-refractivity contribution in [3.05, 3.63) is 78.3 Å². The Bertz CT molecular complexity index is 952. The Hall–Kier alpha value is -3.74. The van der Waals surface area contributed by atoms with Crippen molar-refractivity contribution in [3.63, 3.8) is 0 Å². The highest BCUT2D eigenvalue weighted by Gasteiger charge is 2.15. The van der Waals surface area contributed by atoms with Crippen LogP contribution in [-0.2, 0) is 11.3 Å². The maximum atomic E-state index is 12.3. The van der Waals surface area contributed by atoms with E-state index in [1.165, 1.54) is 6.26 Å². The maximum Gasteiger partial charge on any atom is 0.291 e. The predicted octanol–water partition coefficient (Wildman–Crippen LogP) is 3.62. The van der Waals surface area contributed by atoms with Crippen molar-refractivity contribution in [2.24, 2.45) is 0 Å². The Morgan fingerprint density at radius 2 is 1.79 bits per heavy atom. The highest BCUT2D eigenvalue weighted by atomic mass is 16.5. The Labute approximate surface area is 168 Å². The highest BCUT2D eigenvalue weighted by Crippen LogP contribution is 2.19. The van der Waals surface area contributed by atoms with Crippen molar-refractivity contribution >= 4 is 17.5 Å². The molecule has 7 heteroatoms. The standard InChI is InChI=1S/C22H22N2O5/c1-15(21(25)23-14-16-6-3-4-7-19(16)27-2)29-18-11-9-17(10-12-18)24-22(26)20-8-5-13-28-20/h3-13,15H,14H2,1-2H3,(H,23,25)(H,24,26)/t15-/m0/s1. The summed E-state index contributed by atoms with van der Waals surface area (Å²) < 4.78 is 16.0. The summed E-state index contributed by atoms with van der Waals surface area (Å²) in [6, 6.07) is 17.5. The molecule has 3 aromatic rings. The number of ether oxygens (including phenoxy) is 2. The van der Waals surface area contributed by atoms with Crippen LogP contribution in [0.1, 0.15) is 23.0 Å². The largest absolute Gasteiger partial charge is 0.496 e. The van der Waals surface area contributed by atoms with Crippen molar-refractivity contribution in [3.8, 4) is 11.5 Å². The van der Waals surface area contributed by atoms with Gasteiger partial charge in [0, 0.05) is 17.8 Å². The first-order chi connectivity index (χ1) is 14.1. The van der Waals surface area contributed by atoms with E-state index in [0.29, 0.717) is 23.7 Å². The average molecular weight is 394 g/mol. The lowest BCUT2D eigenvalue weighted by atomic mass is 10.2. The van der Waals surface area contributed by atoms with Crippen LogP contribution >= 0.6 is 0 Å². The molecular weight excluding hydrogens is 372 g/mol. The first-order valence-corrected chi connectivity index (χ1v) is 9.08. The molecule has 0 unspecified atom stereocenters. The van der Waals surface area contributed by atoms with Gasteiger partial charge in [-0.25, -0.2) is 0 Å². The molecule has 0 saturated carbocycles. The van der Waals surface area contributed by atoms with Gasteiger partial charge < -0.3 is 24.5 Å². The normalized spacial score (nSPS) is 11.4. The molecule has 1 aromatic heterocycles. The van der Waals surface area contributed by atoms with Gasteiger partial charge in [0.2, 0.25) is 0 Å². The lowest BCUT2D eigenvalue weighted by molar-refractivity contribution is -0.127. The fourth-order valence-corrected chi connectivity index (χ4v) is 2.65. The number of nitrogens with one attached hydrogen (secondary N) is 2. The zero-order chi connectivity index (χ0) is 20.6. The first-order valence-electron chi connectivity index (χ1n) is 9.08. The molecule has 0 saturated heterocycles. The molecule has 7 nitrogen and oxygen atoms in total. The second-order valence-corrected chi connectivity index (χ2v) is 6.25. The van der Waals surface area contributed by atoms with Gasteiger partial charge in [-0.3, -0.25) is 9.59 Å². The highest BCUT2D eigenvalue weighted by molar-refractivity contribution is 6.02. The van der Waals surface area contributed by atoms with E-state index in [9.17, 15) is 9.59 Å². The fourth-order valence-electron chi connectivity index (χ4n) is 2.65.